The van der Waals surface area contributed by atoms with Gasteiger partial charge >= 0.3 is 6.03 Å². The minimum Gasteiger partial charge on any atom is -0.490 e. The summed E-state index contributed by atoms with van der Waals surface area (Å²) < 4.78 is 24.3. The third-order valence-electron chi connectivity index (χ3n) is 5.54. The van der Waals surface area contributed by atoms with Crippen LogP contribution in [0.5, 0.6) is 11.5 Å². The van der Waals surface area contributed by atoms with Crippen LogP contribution in [-0.2, 0) is 16.1 Å². The first-order valence-electron chi connectivity index (χ1n) is 11.8. The summed E-state index contributed by atoms with van der Waals surface area (Å²) in [5.74, 6) is -0.959. The molecular weight excluding hydrogens is 513 g/mol. The molecule has 3 aromatic rings. The Bertz CT molecular complexity index is 1390. The third-order valence-corrected chi connectivity index (χ3v) is 5.82. The fourth-order valence-electron chi connectivity index (χ4n) is 3.70. The standard InChI is InChI=1S/C28H25ClFN3O5/c1-3-37-24-14-19(12-22(29)26(24)38-16-25(34)31-21-10-8-20(30)9-11-21)13-23-27(35)33(28(36)32-23)15-18-6-4-17(2)5-7-18/h4-14H,3,15-16H2,1-2H3,(H,31,34)(H,32,36)/b23-13+. The van der Waals surface area contributed by atoms with Crippen LogP contribution in [-0.4, -0.2) is 36.0 Å². The van der Waals surface area contributed by atoms with Crippen LogP contribution in [0.15, 0.2) is 66.4 Å². The van der Waals surface area contributed by atoms with Crippen molar-refractivity contribution >= 4 is 41.2 Å². The second kappa shape index (κ2) is 11.8. The average molecular weight is 538 g/mol. The minimum atomic E-state index is -0.523. The van der Waals surface area contributed by atoms with Crippen molar-refractivity contribution in [1.82, 2.24) is 10.2 Å². The maximum atomic E-state index is 13.1. The number of hydrogen-bond acceptors (Lipinski definition) is 5. The molecule has 0 atom stereocenters. The predicted molar refractivity (Wildman–Crippen MR) is 141 cm³/mol. The normalized spacial score (nSPS) is 14.0. The maximum absolute atomic E-state index is 13.1. The summed E-state index contributed by atoms with van der Waals surface area (Å²) in [6.07, 6.45) is 1.49. The zero-order chi connectivity index (χ0) is 27.2. The van der Waals surface area contributed by atoms with Gasteiger partial charge in [0.05, 0.1) is 18.2 Å². The van der Waals surface area contributed by atoms with Crippen molar-refractivity contribution in [3.8, 4) is 11.5 Å². The van der Waals surface area contributed by atoms with E-state index in [2.05, 4.69) is 10.6 Å². The second-order valence-corrected chi connectivity index (χ2v) is 8.88. The van der Waals surface area contributed by atoms with E-state index in [4.69, 9.17) is 21.1 Å². The van der Waals surface area contributed by atoms with Crippen LogP contribution in [0.25, 0.3) is 6.08 Å². The highest BCUT2D eigenvalue weighted by Crippen LogP contribution is 2.37. The van der Waals surface area contributed by atoms with Crippen molar-refractivity contribution in [3.63, 3.8) is 0 Å². The molecule has 196 valence electrons. The number of nitrogens with zero attached hydrogens (tertiary/aromatic N) is 1. The van der Waals surface area contributed by atoms with Crippen molar-refractivity contribution in [2.24, 2.45) is 0 Å². The molecule has 0 spiro atoms. The minimum absolute atomic E-state index is 0.0907. The lowest BCUT2D eigenvalue weighted by atomic mass is 10.1. The molecule has 0 aliphatic carbocycles. The van der Waals surface area contributed by atoms with Gasteiger partial charge in [-0.2, -0.15) is 0 Å². The quantitative estimate of drug-likeness (QED) is 0.285. The lowest BCUT2D eigenvalue weighted by Crippen LogP contribution is -2.30. The second-order valence-electron chi connectivity index (χ2n) is 8.47. The van der Waals surface area contributed by atoms with E-state index in [1.165, 1.54) is 36.4 Å². The van der Waals surface area contributed by atoms with Gasteiger partial charge in [-0.3, -0.25) is 14.5 Å². The molecule has 3 aromatic carbocycles. The molecular formula is C28H25ClFN3O5. The van der Waals surface area contributed by atoms with Gasteiger partial charge in [-0.05, 0) is 67.4 Å². The Hall–Kier alpha value is -4.37. The molecule has 0 saturated carbocycles. The van der Waals surface area contributed by atoms with Gasteiger partial charge in [0.15, 0.2) is 18.1 Å². The Balaban J connectivity index is 1.48. The topological polar surface area (TPSA) is 97.0 Å². The Labute approximate surface area is 224 Å². The number of ether oxygens (including phenoxy) is 2. The fraction of sp³-hybridized carbons (Fsp3) is 0.179. The highest BCUT2D eigenvalue weighted by atomic mass is 35.5. The SMILES string of the molecule is CCOc1cc(/C=C2/NC(=O)N(Cc3ccc(C)cc3)C2=O)cc(Cl)c1OCC(=O)Nc1ccc(F)cc1. The van der Waals surface area contributed by atoms with Crippen molar-refractivity contribution in [2.75, 3.05) is 18.5 Å². The maximum Gasteiger partial charge on any atom is 0.329 e. The highest BCUT2D eigenvalue weighted by molar-refractivity contribution is 6.32. The number of urea groups is 1. The first-order chi connectivity index (χ1) is 18.2. The summed E-state index contributed by atoms with van der Waals surface area (Å²) in [5.41, 5.74) is 2.90. The van der Waals surface area contributed by atoms with Crippen molar-refractivity contribution in [3.05, 3.63) is 93.9 Å². The lowest BCUT2D eigenvalue weighted by Gasteiger charge is -2.15. The van der Waals surface area contributed by atoms with Gasteiger partial charge in [-0.15, -0.1) is 0 Å². The van der Waals surface area contributed by atoms with Crippen LogP contribution < -0.4 is 20.1 Å². The number of halogens is 2. The number of hydrogen-bond donors (Lipinski definition) is 2. The van der Waals surface area contributed by atoms with Gasteiger partial charge in [-0.25, -0.2) is 9.18 Å². The molecule has 1 aliphatic heterocycles. The largest absolute Gasteiger partial charge is 0.490 e. The zero-order valence-electron chi connectivity index (χ0n) is 20.7. The van der Waals surface area contributed by atoms with E-state index in [1.807, 2.05) is 31.2 Å². The summed E-state index contributed by atoms with van der Waals surface area (Å²) in [4.78, 5) is 38.8. The molecule has 1 fully saturated rings. The number of carbonyl (C=O) groups excluding carboxylic acids is 3. The smallest absolute Gasteiger partial charge is 0.329 e. The van der Waals surface area contributed by atoms with Crippen LogP contribution in [0.1, 0.15) is 23.6 Å². The van der Waals surface area contributed by atoms with E-state index in [0.29, 0.717) is 11.3 Å². The van der Waals surface area contributed by atoms with Crippen molar-refractivity contribution < 1.29 is 28.2 Å². The summed E-state index contributed by atoms with van der Waals surface area (Å²) in [6.45, 7) is 3.78. The molecule has 0 aromatic heterocycles. The zero-order valence-corrected chi connectivity index (χ0v) is 21.5. The highest BCUT2D eigenvalue weighted by Gasteiger charge is 2.33. The lowest BCUT2D eigenvalue weighted by molar-refractivity contribution is -0.123. The molecule has 10 heteroatoms. The number of aryl methyl sites for hydroxylation is 1. The number of imide groups is 1. The number of carbonyl (C=O) groups is 3. The predicted octanol–water partition coefficient (Wildman–Crippen LogP) is 5.30. The summed E-state index contributed by atoms with van der Waals surface area (Å²) in [7, 11) is 0. The van der Waals surface area contributed by atoms with E-state index in [1.54, 1.807) is 13.0 Å². The molecule has 2 N–H and O–H groups in total. The third kappa shape index (κ3) is 6.49. The first kappa shape index (κ1) is 26.7. The first-order valence-corrected chi connectivity index (χ1v) is 12.2. The number of nitrogens with one attached hydrogen (secondary N) is 2. The van der Waals surface area contributed by atoms with E-state index >= 15 is 0 Å². The Morgan fingerprint density at radius 3 is 2.47 bits per heavy atom. The Morgan fingerprint density at radius 1 is 1.08 bits per heavy atom. The number of benzene rings is 3. The van der Waals surface area contributed by atoms with Gasteiger partial charge in [0.1, 0.15) is 11.5 Å². The van der Waals surface area contributed by atoms with Crippen LogP contribution in [0, 0.1) is 12.7 Å². The molecule has 8 nitrogen and oxygen atoms in total. The molecule has 1 heterocycles. The fourth-order valence-corrected chi connectivity index (χ4v) is 3.97. The van der Waals surface area contributed by atoms with Crippen LogP contribution in [0.4, 0.5) is 14.9 Å². The molecule has 38 heavy (non-hydrogen) atoms. The van der Waals surface area contributed by atoms with Crippen LogP contribution in [0.2, 0.25) is 5.02 Å². The van der Waals surface area contributed by atoms with E-state index < -0.39 is 23.7 Å². The summed E-state index contributed by atoms with van der Waals surface area (Å²) in [5, 5.41) is 5.33. The van der Waals surface area contributed by atoms with Crippen molar-refractivity contribution in [2.45, 2.75) is 20.4 Å². The molecule has 0 bridgehead atoms. The van der Waals surface area contributed by atoms with Gasteiger partial charge in [-0.1, -0.05) is 41.4 Å². The molecule has 0 radical (unpaired) electrons. The average Bonchev–Trinajstić information content (AvgIpc) is 3.13. The van der Waals surface area contributed by atoms with E-state index in [9.17, 15) is 18.8 Å². The van der Waals surface area contributed by atoms with E-state index in [-0.39, 0.29) is 42.0 Å². The monoisotopic (exact) mass is 537 g/mol. The van der Waals surface area contributed by atoms with Gasteiger partial charge in [0.2, 0.25) is 0 Å². The number of rotatable bonds is 9. The summed E-state index contributed by atoms with van der Waals surface area (Å²) in [6, 6.07) is 15.5. The van der Waals surface area contributed by atoms with Gasteiger partial charge < -0.3 is 20.1 Å². The van der Waals surface area contributed by atoms with Crippen molar-refractivity contribution in [1.29, 1.82) is 0 Å². The molecule has 1 saturated heterocycles. The molecule has 4 rings (SSSR count). The Morgan fingerprint density at radius 2 is 1.79 bits per heavy atom. The molecule has 4 amide bonds. The number of anilines is 1. The molecule has 1 aliphatic rings. The number of amides is 4. The van der Waals surface area contributed by atoms with Gasteiger partial charge in [0, 0.05) is 5.69 Å². The van der Waals surface area contributed by atoms with Crippen LogP contribution in [0.3, 0.4) is 0 Å². The van der Waals surface area contributed by atoms with Crippen LogP contribution >= 0.6 is 11.6 Å². The van der Waals surface area contributed by atoms with E-state index in [0.717, 1.165) is 16.0 Å². The van der Waals surface area contributed by atoms with Gasteiger partial charge in [0.25, 0.3) is 11.8 Å². The summed E-state index contributed by atoms with van der Waals surface area (Å²) >= 11 is 6.44. The Kier molecular flexibility index (Phi) is 8.28. The molecule has 0 unspecified atom stereocenters.